The molecule has 0 radical (unpaired) electrons. The van der Waals surface area contributed by atoms with Crippen LogP contribution in [0.5, 0.6) is 5.75 Å². The van der Waals surface area contributed by atoms with Gasteiger partial charge in [-0.3, -0.25) is 5.41 Å². The number of guanidine groups is 1. The van der Waals surface area contributed by atoms with E-state index in [0.717, 1.165) is 43.1 Å². The number of rotatable bonds is 10. The van der Waals surface area contributed by atoms with Gasteiger partial charge in [-0.2, -0.15) is 18.2 Å². The van der Waals surface area contributed by atoms with Crippen molar-refractivity contribution in [3.05, 3.63) is 29.7 Å². The van der Waals surface area contributed by atoms with E-state index in [1.54, 1.807) is 0 Å². The first-order chi connectivity index (χ1) is 16.0. The highest BCUT2D eigenvalue weighted by molar-refractivity contribution is 5.75. The van der Waals surface area contributed by atoms with Crippen LogP contribution in [-0.4, -0.2) is 40.1 Å². The summed E-state index contributed by atoms with van der Waals surface area (Å²) in [6.45, 7) is 1.49. The van der Waals surface area contributed by atoms with E-state index in [2.05, 4.69) is 17.1 Å². The average Bonchev–Trinajstić information content (AvgIpc) is 3.37. The molecule has 0 spiro atoms. The Labute approximate surface area is 194 Å². The van der Waals surface area contributed by atoms with Crippen LogP contribution in [-0.2, 0) is 6.18 Å². The normalized spacial score (nSPS) is 17.8. The molecule has 3 rings (SSSR count). The summed E-state index contributed by atoms with van der Waals surface area (Å²) < 4.78 is 79.1. The first-order valence-electron chi connectivity index (χ1n) is 11.2. The summed E-state index contributed by atoms with van der Waals surface area (Å²) in [7, 11) is 0. The number of benzene rings is 1. The van der Waals surface area contributed by atoms with Gasteiger partial charge in [-0.15, -0.1) is 0 Å². The number of nitrogens with two attached hydrogens (primary N) is 1. The number of halogens is 5. The molecule has 0 amide bonds. The third-order valence-corrected chi connectivity index (χ3v) is 5.60. The molecule has 1 unspecified atom stereocenters. The van der Waals surface area contributed by atoms with E-state index in [1.165, 1.54) is 12.1 Å². The topological polar surface area (TPSA) is 101 Å². The standard InChI is InChI=1S/C22H28F5N5O2/c1-2-3-4-5-6-7-10-33-17-9-8-14(11-15(17)22(25,26)27)18-30-19(34-31-18)16-12-21(23,24)13-32(16)20(28)29/h8-9,11,16H,2-7,10,12-13H2,1H3,(H3,28,29). The third-order valence-electron chi connectivity index (χ3n) is 5.60. The maximum Gasteiger partial charge on any atom is 0.419 e. The van der Waals surface area contributed by atoms with E-state index < -0.39 is 42.6 Å². The van der Waals surface area contributed by atoms with Gasteiger partial charge in [-0.1, -0.05) is 44.2 Å². The van der Waals surface area contributed by atoms with Crippen LogP contribution in [0.1, 0.15) is 69.4 Å². The molecule has 1 aromatic heterocycles. The minimum atomic E-state index is -4.68. The minimum Gasteiger partial charge on any atom is -0.493 e. The molecule has 1 aliphatic rings. The highest BCUT2D eigenvalue weighted by Crippen LogP contribution is 2.41. The van der Waals surface area contributed by atoms with Gasteiger partial charge in [-0.25, -0.2) is 8.78 Å². The second kappa shape index (κ2) is 10.6. The van der Waals surface area contributed by atoms with Crippen molar-refractivity contribution in [3.8, 4) is 17.1 Å². The molecule has 2 aromatic rings. The van der Waals surface area contributed by atoms with Crippen molar-refractivity contribution in [1.29, 1.82) is 5.41 Å². The number of nitrogens with one attached hydrogen (secondary N) is 1. The average molecular weight is 489 g/mol. The SMILES string of the molecule is CCCCCCCCOc1ccc(-c2noc(C3CC(F)(F)CN3C(=N)N)n2)cc1C(F)(F)F. The second-order valence-corrected chi connectivity index (χ2v) is 8.37. The van der Waals surface area contributed by atoms with Crippen molar-refractivity contribution < 1.29 is 31.2 Å². The first-order valence-corrected chi connectivity index (χ1v) is 11.2. The number of hydrogen-bond acceptors (Lipinski definition) is 5. The van der Waals surface area contributed by atoms with Gasteiger partial charge in [-0.05, 0) is 24.6 Å². The van der Waals surface area contributed by atoms with Crippen LogP contribution in [0.15, 0.2) is 22.7 Å². The molecular formula is C22H28F5N5O2. The Morgan fingerprint density at radius 3 is 2.62 bits per heavy atom. The van der Waals surface area contributed by atoms with Crippen LogP contribution in [0.3, 0.4) is 0 Å². The Bertz CT molecular complexity index is 979. The van der Waals surface area contributed by atoms with Crippen molar-refractivity contribution >= 4 is 5.96 Å². The molecule has 1 aliphatic heterocycles. The predicted molar refractivity (Wildman–Crippen MR) is 115 cm³/mol. The quantitative estimate of drug-likeness (QED) is 0.190. The van der Waals surface area contributed by atoms with Gasteiger partial charge < -0.3 is 19.9 Å². The van der Waals surface area contributed by atoms with E-state index in [9.17, 15) is 22.0 Å². The Morgan fingerprint density at radius 2 is 1.94 bits per heavy atom. The molecule has 7 nitrogen and oxygen atoms in total. The van der Waals surface area contributed by atoms with E-state index in [1.807, 2.05) is 0 Å². The Morgan fingerprint density at radius 1 is 1.24 bits per heavy atom. The molecule has 1 saturated heterocycles. The van der Waals surface area contributed by atoms with Crippen molar-refractivity contribution in [2.75, 3.05) is 13.2 Å². The highest BCUT2D eigenvalue weighted by atomic mass is 19.4. The fourth-order valence-corrected chi connectivity index (χ4v) is 3.86. The lowest BCUT2D eigenvalue weighted by Gasteiger charge is -2.20. The zero-order chi connectivity index (χ0) is 24.9. The zero-order valence-electron chi connectivity index (χ0n) is 18.8. The van der Waals surface area contributed by atoms with Gasteiger partial charge in [0.15, 0.2) is 5.96 Å². The summed E-state index contributed by atoms with van der Waals surface area (Å²) in [5, 5.41) is 11.2. The van der Waals surface area contributed by atoms with Crippen LogP contribution >= 0.6 is 0 Å². The van der Waals surface area contributed by atoms with Crippen molar-refractivity contribution in [1.82, 2.24) is 15.0 Å². The Hall–Kier alpha value is -2.92. The van der Waals surface area contributed by atoms with Gasteiger partial charge >= 0.3 is 6.18 Å². The number of ether oxygens (including phenoxy) is 1. The van der Waals surface area contributed by atoms with Crippen LogP contribution in [0.4, 0.5) is 22.0 Å². The fourth-order valence-electron chi connectivity index (χ4n) is 3.86. The Kier molecular flexibility index (Phi) is 7.98. The number of aromatic nitrogens is 2. The van der Waals surface area contributed by atoms with Crippen molar-refractivity contribution in [2.24, 2.45) is 5.73 Å². The molecule has 0 saturated carbocycles. The van der Waals surface area contributed by atoms with Crippen molar-refractivity contribution in [2.45, 2.75) is 70.0 Å². The predicted octanol–water partition coefficient (Wildman–Crippen LogP) is 5.77. The lowest BCUT2D eigenvalue weighted by molar-refractivity contribution is -0.138. The van der Waals surface area contributed by atoms with Gasteiger partial charge in [0.2, 0.25) is 11.7 Å². The summed E-state index contributed by atoms with van der Waals surface area (Å²) in [5.41, 5.74) is 4.38. The van der Waals surface area contributed by atoms with Crippen LogP contribution < -0.4 is 10.5 Å². The summed E-state index contributed by atoms with van der Waals surface area (Å²) in [4.78, 5) is 4.93. The molecule has 0 bridgehead atoms. The molecule has 1 aromatic carbocycles. The summed E-state index contributed by atoms with van der Waals surface area (Å²) in [5.74, 6) is -4.45. The molecule has 1 fully saturated rings. The highest BCUT2D eigenvalue weighted by Gasteiger charge is 2.48. The molecule has 3 N–H and O–H groups in total. The third kappa shape index (κ3) is 6.35. The maximum atomic E-state index is 13.8. The van der Waals surface area contributed by atoms with Crippen molar-refractivity contribution in [3.63, 3.8) is 0 Å². The lowest BCUT2D eigenvalue weighted by atomic mass is 10.1. The minimum absolute atomic E-state index is 0.00614. The van der Waals surface area contributed by atoms with E-state index in [4.69, 9.17) is 20.4 Å². The fraction of sp³-hybridized carbons (Fsp3) is 0.591. The number of unbranched alkanes of at least 4 members (excludes halogenated alkanes) is 5. The van der Waals surface area contributed by atoms with Gasteiger partial charge in [0, 0.05) is 12.0 Å². The smallest absolute Gasteiger partial charge is 0.419 e. The molecule has 0 aliphatic carbocycles. The summed E-state index contributed by atoms with van der Waals surface area (Å²) in [6.07, 6.45) is 0.490. The largest absolute Gasteiger partial charge is 0.493 e. The molecule has 34 heavy (non-hydrogen) atoms. The monoisotopic (exact) mass is 489 g/mol. The number of alkyl halides is 5. The molecule has 12 heteroatoms. The molecule has 188 valence electrons. The first kappa shape index (κ1) is 25.7. The van der Waals surface area contributed by atoms with Crippen LogP contribution in [0.25, 0.3) is 11.4 Å². The number of nitrogens with zero attached hydrogens (tertiary/aromatic N) is 3. The zero-order valence-corrected chi connectivity index (χ0v) is 18.8. The van der Waals surface area contributed by atoms with Gasteiger partial charge in [0.1, 0.15) is 11.8 Å². The second-order valence-electron chi connectivity index (χ2n) is 8.37. The van der Waals surface area contributed by atoms with Gasteiger partial charge in [0.25, 0.3) is 5.92 Å². The van der Waals surface area contributed by atoms with E-state index in [-0.39, 0.29) is 29.6 Å². The lowest BCUT2D eigenvalue weighted by Crippen LogP contribution is -2.37. The number of hydrogen-bond donors (Lipinski definition) is 2. The van der Waals surface area contributed by atoms with Crippen LogP contribution in [0.2, 0.25) is 0 Å². The van der Waals surface area contributed by atoms with Gasteiger partial charge in [0.05, 0.1) is 18.7 Å². The molecule has 1 atom stereocenters. The van der Waals surface area contributed by atoms with Crippen LogP contribution in [0, 0.1) is 5.41 Å². The molecule has 2 heterocycles. The summed E-state index contributed by atoms with van der Waals surface area (Å²) in [6, 6.07) is 2.25. The Balaban J connectivity index is 1.74. The summed E-state index contributed by atoms with van der Waals surface area (Å²) >= 11 is 0. The maximum absolute atomic E-state index is 13.8. The molecular weight excluding hydrogens is 461 g/mol. The number of likely N-dealkylation sites (tertiary alicyclic amines) is 1. The van der Waals surface area contributed by atoms with E-state index in [0.29, 0.717) is 6.42 Å². The van der Waals surface area contributed by atoms with E-state index >= 15 is 0 Å².